The summed E-state index contributed by atoms with van der Waals surface area (Å²) >= 11 is 0. The Morgan fingerprint density at radius 1 is 0.259 bits per heavy atom. The van der Waals surface area contributed by atoms with Gasteiger partial charge in [0.25, 0.3) is 0 Å². The lowest BCUT2D eigenvalue weighted by atomic mass is 10.0. The van der Waals surface area contributed by atoms with Crippen LogP contribution in [0, 0.1) is 0 Å². The van der Waals surface area contributed by atoms with Crippen molar-refractivity contribution in [2.24, 2.45) is 0 Å². The summed E-state index contributed by atoms with van der Waals surface area (Å²) in [6.07, 6.45) is 89.6. The largest absolute Gasteiger partial charge is 0.462 e. The summed E-state index contributed by atoms with van der Waals surface area (Å²) in [6.45, 7) is 6.60. The maximum atomic E-state index is 13.0. The van der Waals surface area contributed by atoms with Crippen LogP contribution in [0.2, 0.25) is 0 Å². The summed E-state index contributed by atoms with van der Waals surface area (Å²) in [4.78, 5) is 38.5. The van der Waals surface area contributed by atoms with E-state index in [2.05, 4.69) is 81.5 Å². The van der Waals surface area contributed by atoms with E-state index in [1.165, 1.54) is 244 Å². The average molecular weight is 1130 g/mol. The molecule has 0 fully saturated rings. The lowest BCUT2D eigenvalue weighted by molar-refractivity contribution is -0.167. The van der Waals surface area contributed by atoms with Crippen LogP contribution < -0.4 is 0 Å². The van der Waals surface area contributed by atoms with Crippen LogP contribution in [0.25, 0.3) is 0 Å². The van der Waals surface area contributed by atoms with Crippen LogP contribution in [0.5, 0.6) is 0 Å². The fourth-order valence-electron chi connectivity index (χ4n) is 10.7. The van der Waals surface area contributed by atoms with Crippen molar-refractivity contribution >= 4 is 17.9 Å². The van der Waals surface area contributed by atoms with Gasteiger partial charge in [-0.05, 0) is 64.2 Å². The highest BCUT2D eigenvalue weighted by Crippen LogP contribution is 2.19. The smallest absolute Gasteiger partial charge is 0.306 e. The maximum absolute atomic E-state index is 13.0. The zero-order valence-corrected chi connectivity index (χ0v) is 54.3. The lowest BCUT2D eigenvalue weighted by Crippen LogP contribution is -2.30. The van der Waals surface area contributed by atoms with Gasteiger partial charge in [-0.2, -0.15) is 0 Å². The Morgan fingerprint density at radius 3 is 0.753 bits per heavy atom. The highest BCUT2D eigenvalue weighted by Gasteiger charge is 2.19. The third-order valence-corrected chi connectivity index (χ3v) is 16.0. The van der Waals surface area contributed by atoms with Crippen molar-refractivity contribution in [2.75, 3.05) is 13.2 Å². The molecule has 0 aromatic carbocycles. The highest BCUT2D eigenvalue weighted by molar-refractivity contribution is 5.71. The van der Waals surface area contributed by atoms with Gasteiger partial charge in [-0.1, -0.05) is 358 Å². The molecule has 0 aromatic heterocycles. The fraction of sp³-hybridized carbons (Fsp3) is 0.827. The molecule has 1 unspecified atom stereocenters. The van der Waals surface area contributed by atoms with Gasteiger partial charge in [0, 0.05) is 19.3 Å². The Morgan fingerprint density at radius 2 is 0.481 bits per heavy atom. The van der Waals surface area contributed by atoms with E-state index in [-0.39, 0.29) is 31.1 Å². The van der Waals surface area contributed by atoms with E-state index in [0.29, 0.717) is 19.3 Å². The van der Waals surface area contributed by atoms with Crippen LogP contribution in [-0.2, 0) is 28.6 Å². The van der Waals surface area contributed by atoms with Gasteiger partial charge in [0.2, 0.25) is 0 Å². The van der Waals surface area contributed by atoms with Crippen molar-refractivity contribution in [3.63, 3.8) is 0 Å². The van der Waals surface area contributed by atoms with Gasteiger partial charge in [-0.15, -0.1) is 0 Å². The zero-order chi connectivity index (χ0) is 58.5. The van der Waals surface area contributed by atoms with Gasteiger partial charge < -0.3 is 14.2 Å². The SMILES string of the molecule is CC/C=C\C/C=C\C/C=C\C/C=C\C/C=C\CCCCCCCCCCCC(=O)OCC(COC(=O)CCCCCCCCCCCCCCCCCC)OC(=O)CCCCCCCCCCCCCCCCCCCCCCCC. The van der Waals surface area contributed by atoms with Gasteiger partial charge in [-0.3, -0.25) is 14.4 Å². The van der Waals surface area contributed by atoms with Crippen molar-refractivity contribution in [1.29, 1.82) is 0 Å². The van der Waals surface area contributed by atoms with E-state index in [1.807, 2.05) is 0 Å². The molecule has 6 heteroatoms. The highest BCUT2D eigenvalue weighted by atomic mass is 16.6. The van der Waals surface area contributed by atoms with E-state index in [1.54, 1.807) is 0 Å². The average Bonchev–Trinajstić information content (AvgIpc) is 3.47. The molecule has 0 aliphatic rings. The molecule has 472 valence electrons. The van der Waals surface area contributed by atoms with E-state index in [4.69, 9.17) is 14.2 Å². The maximum Gasteiger partial charge on any atom is 0.306 e. The summed E-state index contributed by atoms with van der Waals surface area (Å²) in [6, 6.07) is 0. The van der Waals surface area contributed by atoms with Gasteiger partial charge >= 0.3 is 17.9 Å². The number of unbranched alkanes of at least 4 members (excludes halogenated alkanes) is 45. The number of carbonyl (C=O) groups excluding carboxylic acids is 3. The fourth-order valence-corrected chi connectivity index (χ4v) is 10.7. The Bertz CT molecular complexity index is 1440. The summed E-state index contributed by atoms with van der Waals surface area (Å²) in [5.74, 6) is -0.848. The lowest BCUT2D eigenvalue weighted by Gasteiger charge is -2.18. The number of rotatable bonds is 66. The molecule has 0 spiro atoms. The molecule has 6 nitrogen and oxygen atoms in total. The first kappa shape index (κ1) is 78.1. The second-order valence-corrected chi connectivity index (χ2v) is 24.1. The van der Waals surface area contributed by atoms with Crippen molar-refractivity contribution in [1.82, 2.24) is 0 Å². The van der Waals surface area contributed by atoms with Crippen LogP contribution in [0.1, 0.15) is 380 Å². The van der Waals surface area contributed by atoms with Crippen LogP contribution in [-0.4, -0.2) is 37.2 Å². The monoisotopic (exact) mass is 1130 g/mol. The van der Waals surface area contributed by atoms with E-state index in [0.717, 1.165) is 96.3 Å². The van der Waals surface area contributed by atoms with Crippen LogP contribution in [0.4, 0.5) is 0 Å². The Hall–Kier alpha value is -2.89. The molecule has 0 rings (SSSR count). The minimum Gasteiger partial charge on any atom is -0.462 e. The Kier molecular flexibility index (Phi) is 67.1. The molecule has 0 amide bonds. The van der Waals surface area contributed by atoms with Crippen LogP contribution in [0.15, 0.2) is 60.8 Å². The molecule has 0 aliphatic heterocycles. The predicted octanol–water partition coefficient (Wildman–Crippen LogP) is 24.7. The van der Waals surface area contributed by atoms with Crippen molar-refractivity contribution in [3.05, 3.63) is 60.8 Å². The first-order chi connectivity index (χ1) is 40.0. The standard InChI is InChI=1S/C75H136O6/c1-4-7-10-13-16-19-22-25-28-31-33-35-37-38-39-41-42-44-47-50-53-56-59-62-65-68-74(77)80-71-72(70-79-73(76)67-64-61-58-55-52-49-46-30-27-24-21-18-15-12-9-6-3)81-75(78)69-66-63-60-57-54-51-48-45-43-40-36-34-32-29-26-23-20-17-14-11-8-5-2/h7,10,16,19,25,28,33,35,38-39,72H,4-6,8-9,11-15,17-18,20-24,26-27,29-32,34,36-37,40-71H2,1-3H3/b10-7-,19-16-,28-25-,35-33-,39-38-. The number of hydrogen-bond acceptors (Lipinski definition) is 6. The van der Waals surface area contributed by atoms with Crippen LogP contribution >= 0.6 is 0 Å². The molecular weight excluding hydrogens is 997 g/mol. The molecule has 1 atom stereocenters. The zero-order valence-electron chi connectivity index (χ0n) is 54.3. The topological polar surface area (TPSA) is 78.9 Å². The number of ether oxygens (including phenoxy) is 3. The first-order valence-electron chi connectivity index (χ1n) is 35.8. The predicted molar refractivity (Wildman–Crippen MR) is 353 cm³/mol. The van der Waals surface area contributed by atoms with Gasteiger partial charge in [-0.25, -0.2) is 0 Å². The molecule has 0 bridgehead atoms. The summed E-state index contributed by atoms with van der Waals surface area (Å²) in [5.41, 5.74) is 0. The second-order valence-electron chi connectivity index (χ2n) is 24.1. The van der Waals surface area contributed by atoms with Gasteiger partial charge in [0.05, 0.1) is 0 Å². The normalized spacial score (nSPS) is 12.4. The van der Waals surface area contributed by atoms with Gasteiger partial charge in [0.15, 0.2) is 6.10 Å². The second kappa shape index (κ2) is 69.6. The summed E-state index contributed by atoms with van der Waals surface area (Å²) < 4.78 is 17.0. The molecule has 0 N–H and O–H groups in total. The molecule has 0 heterocycles. The number of allylic oxidation sites excluding steroid dienone is 10. The van der Waals surface area contributed by atoms with Crippen molar-refractivity contribution in [2.45, 2.75) is 386 Å². The van der Waals surface area contributed by atoms with E-state index >= 15 is 0 Å². The van der Waals surface area contributed by atoms with Crippen molar-refractivity contribution < 1.29 is 28.6 Å². The third-order valence-electron chi connectivity index (χ3n) is 16.0. The summed E-state index contributed by atoms with van der Waals surface area (Å²) in [7, 11) is 0. The van der Waals surface area contributed by atoms with Gasteiger partial charge in [0.1, 0.15) is 13.2 Å². The van der Waals surface area contributed by atoms with E-state index in [9.17, 15) is 14.4 Å². The molecule has 81 heavy (non-hydrogen) atoms. The third kappa shape index (κ3) is 67.8. The minimum absolute atomic E-state index is 0.0700. The van der Waals surface area contributed by atoms with E-state index < -0.39 is 6.10 Å². The molecule has 0 aliphatic carbocycles. The number of hydrogen-bond donors (Lipinski definition) is 0. The number of carbonyl (C=O) groups is 3. The summed E-state index contributed by atoms with van der Waals surface area (Å²) in [5, 5.41) is 0. The van der Waals surface area contributed by atoms with Crippen LogP contribution in [0.3, 0.4) is 0 Å². The van der Waals surface area contributed by atoms with Crippen molar-refractivity contribution in [3.8, 4) is 0 Å². The quantitative estimate of drug-likeness (QED) is 0.0261. The number of esters is 3. The first-order valence-corrected chi connectivity index (χ1v) is 35.8. The minimum atomic E-state index is -0.775. The Labute approximate surface area is 504 Å². The molecular formula is C75H136O6. The Balaban J connectivity index is 4.31. The molecule has 0 aromatic rings. The molecule has 0 radical (unpaired) electrons. The molecule has 0 saturated heterocycles. The molecule has 0 saturated carbocycles.